The summed E-state index contributed by atoms with van der Waals surface area (Å²) in [5.41, 5.74) is 0. The van der Waals surface area contributed by atoms with Crippen LogP contribution in [0, 0.1) is 0 Å². The van der Waals surface area contributed by atoms with Gasteiger partial charge in [-0.3, -0.25) is 4.79 Å². The second kappa shape index (κ2) is 7.59. The van der Waals surface area contributed by atoms with Gasteiger partial charge in [0.1, 0.15) is 0 Å². The van der Waals surface area contributed by atoms with Crippen LogP contribution in [0.1, 0.15) is 20.3 Å². The van der Waals surface area contributed by atoms with E-state index in [2.05, 4.69) is 4.74 Å². The van der Waals surface area contributed by atoms with Crippen LogP contribution in [0.5, 0.6) is 0 Å². The van der Waals surface area contributed by atoms with E-state index >= 15 is 0 Å². The van der Waals surface area contributed by atoms with Crippen molar-refractivity contribution in [3.63, 3.8) is 0 Å². The summed E-state index contributed by atoms with van der Waals surface area (Å²) in [5.74, 6) is -1.38. The second-order valence-corrected chi connectivity index (χ2v) is 5.10. The smallest absolute Gasteiger partial charge is 0.322 e. The lowest BCUT2D eigenvalue weighted by Gasteiger charge is -2.19. The Morgan fingerprint density at radius 1 is 1.38 bits per heavy atom. The Hall–Kier alpha value is -0.660. The van der Waals surface area contributed by atoms with Crippen molar-refractivity contribution in [2.45, 2.75) is 20.3 Å². The third-order valence-corrected chi connectivity index (χ3v) is 3.75. The Bertz CT molecular complexity index is 301. The Balaban J connectivity index is 4.42. The zero-order chi connectivity index (χ0) is 12.6. The molecule has 0 aromatic rings. The number of aliphatic hydroxyl groups is 1. The van der Waals surface area contributed by atoms with E-state index < -0.39 is 21.7 Å². The molecule has 1 N–H and O–H groups in total. The molecule has 0 rings (SSSR count). The van der Waals surface area contributed by atoms with Crippen molar-refractivity contribution in [2.75, 3.05) is 32.1 Å². The molecule has 0 spiro atoms. The van der Waals surface area contributed by atoms with Gasteiger partial charge in [0.15, 0.2) is 5.75 Å². The Kier molecular flexibility index (Phi) is 7.27. The maximum Gasteiger partial charge on any atom is 0.322 e. The van der Waals surface area contributed by atoms with Crippen LogP contribution in [0.4, 0.5) is 0 Å². The van der Waals surface area contributed by atoms with E-state index in [1.54, 1.807) is 13.8 Å². The number of aliphatic hydroxyl groups excluding tert-OH is 1. The maximum absolute atomic E-state index is 11.7. The number of nitrogens with zero attached hydrogens (tertiary/aromatic N) is 1. The fourth-order valence-corrected chi connectivity index (χ4v) is 2.55. The number of sulfonamides is 1. The van der Waals surface area contributed by atoms with E-state index in [-0.39, 0.29) is 26.3 Å². The van der Waals surface area contributed by atoms with Crippen molar-refractivity contribution in [3.8, 4) is 0 Å². The highest BCUT2D eigenvalue weighted by atomic mass is 32.2. The summed E-state index contributed by atoms with van der Waals surface area (Å²) >= 11 is 0. The monoisotopic (exact) mass is 253 g/mol. The van der Waals surface area contributed by atoms with Crippen LogP contribution in [0.2, 0.25) is 0 Å². The highest BCUT2D eigenvalue weighted by molar-refractivity contribution is 7.89. The molecular weight excluding hydrogens is 234 g/mol. The SMILES string of the molecule is CCOC(=O)CS(=O)(=O)N(CC)CCCO. The molecule has 0 atom stereocenters. The highest BCUT2D eigenvalue weighted by Crippen LogP contribution is 2.03. The zero-order valence-corrected chi connectivity index (χ0v) is 10.5. The molecule has 16 heavy (non-hydrogen) atoms. The number of esters is 1. The molecule has 0 saturated carbocycles. The molecular formula is C9H19NO5S. The molecule has 0 unspecified atom stereocenters. The molecule has 0 radical (unpaired) electrons. The van der Waals surface area contributed by atoms with E-state index in [4.69, 9.17) is 5.11 Å². The minimum absolute atomic E-state index is 0.0779. The van der Waals surface area contributed by atoms with Gasteiger partial charge in [-0.05, 0) is 13.3 Å². The van der Waals surface area contributed by atoms with Gasteiger partial charge < -0.3 is 9.84 Å². The summed E-state index contributed by atoms with van der Waals surface area (Å²) in [6.07, 6.45) is 0.357. The predicted octanol–water partition coefficient (Wildman–Crippen LogP) is -0.416. The van der Waals surface area contributed by atoms with Crippen LogP contribution in [0.3, 0.4) is 0 Å². The van der Waals surface area contributed by atoms with Gasteiger partial charge in [0.2, 0.25) is 10.0 Å². The summed E-state index contributed by atoms with van der Waals surface area (Å²) in [6.45, 7) is 3.88. The zero-order valence-electron chi connectivity index (χ0n) is 9.68. The van der Waals surface area contributed by atoms with Gasteiger partial charge in [-0.1, -0.05) is 6.92 Å². The number of hydrogen-bond donors (Lipinski definition) is 1. The van der Waals surface area contributed by atoms with Crippen LogP contribution in [-0.4, -0.2) is 55.9 Å². The van der Waals surface area contributed by atoms with E-state index in [0.29, 0.717) is 6.42 Å². The number of rotatable bonds is 8. The minimum atomic E-state index is -3.62. The quantitative estimate of drug-likeness (QED) is 0.594. The first-order valence-electron chi connectivity index (χ1n) is 5.22. The summed E-state index contributed by atoms with van der Waals surface area (Å²) in [6, 6.07) is 0. The third kappa shape index (κ3) is 5.43. The molecule has 0 amide bonds. The number of carbonyl (C=O) groups excluding carboxylic acids is 1. The molecule has 0 aliphatic rings. The number of ether oxygens (including phenoxy) is 1. The van der Waals surface area contributed by atoms with Gasteiger partial charge in [0, 0.05) is 19.7 Å². The standard InChI is InChI=1S/C9H19NO5S/c1-3-10(6-5-7-11)16(13,14)8-9(12)15-4-2/h11H,3-8H2,1-2H3. The third-order valence-electron chi connectivity index (χ3n) is 1.92. The van der Waals surface area contributed by atoms with Gasteiger partial charge in [0.25, 0.3) is 0 Å². The van der Waals surface area contributed by atoms with Gasteiger partial charge in [-0.2, -0.15) is 0 Å². The second-order valence-electron chi connectivity index (χ2n) is 3.13. The van der Waals surface area contributed by atoms with Gasteiger partial charge >= 0.3 is 5.97 Å². The lowest BCUT2D eigenvalue weighted by molar-refractivity contribution is -0.140. The molecule has 7 heteroatoms. The van der Waals surface area contributed by atoms with Crippen LogP contribution in [0.25, 0.3) is 0 Å². The first kappa shape index (κ1) is 15.3. The number of hydrogen-bond acceptors (Lipinski definition) is 5. The minimum Gasteiger partial charge on any atom is -0.465 e. The Labute approximate surface area is 96.2 Å². The van der Waals surface area contributed by atoms with Crippen molar-refractivity contribution < 1.29 is 23.1 Å². The largest absolute Gasteiger partial charge is 0.465 e. The maximum atomic E-state index is 11.7. The summed E-state index contributed by atoms with van der Waals surface area (Å²) in [4.78, 5) is 11.1. The van der Waals surface area contributed by atoms with Crippen molar-refractivity contribution >= 4 is 16.0 Å². The predicted molar refractivity (Wildman–Crippen MR) is 59.4 cm³/mol. The molecule has 0 aliphatic heterocycles. The van der Waals surface area contributed by atoms with Crippen LogP contribution in [0.15, 0.2) is 0 Å². The highest BCUT2D eigenvalue weighted by Gasteiger charge is 2.24. The fourth-order valence-electron chi connectivity index (χ4n) is 1.18. The van der Waals surface area contributed by atoms with Crippen LogP contribution >= 0.6 is 0 Å². The number of carbonyl (C=O) groups is 1. The van der Waals surface area contributed by atoms with Gasteiger partial charge in [0.05, 0.1) is 6.61 Å². The van der Waals surface area contributed by atoms with Crippen LogP contribution < -0.4 is 0 Å². The van der Waals surface area contributed by atoms with Crippen molar-refractivity contribution in [2.24, 2.45) is 0 Å². The fraction of sp³-hybridized carbons (Fsp3) is 0.889. The Morgan fingerprint density at radius 2 is 2.00 bits per heavy atom. The van der Waals surface area contributed by atoms with E-state index in [0.717, 1.165) is 0 Å². The van der Waals surface area contributed by atoms with Crippen molar-refractivity contribution in [3.05, 3.63) is 0 Å². The molecule has 0 aliphatic carbocycles. The molecule has 0 aromatic heterocycles. The summed E-state index contributed by atoms with van der Waals surface area (Å²) < 4.78 is 29.1. The first-order valence-corrected chi connectivity index (χ1v) is 6.83. The van der Waals surface area contributed by atoms with Gasteiger partial charge in [-0.25, -0.2) is 12.7 Å². The first-order chi connectivity index (χ1) is 7.47. The average molecular weight is 253 g/mol. The molecule has 0 aromatic carbocycles. The van der Waals surface area contributed by atoms with E-state index in [1.165, 1.54) is 4.31 Å². The normalized spacial score (nSPS) is 11.8. The Morgan fingerprint density at radius 3 is 2.44 bits per heavy atom. The topological polar surface area (TPSA) is 83.9 Å². The molecule has 0 bridgehead atoms. The van der Waals surface area contributed by atoms with Crippen molar-refractivity contribution in [1.82, 2.24) is 4.31 Å². The summed E-state index contributed by atoms with van der Waals surface area (Å²) in [7, 11) is -3.62. The van der Waals surface area contributed by atoms with E-state index in [9.17, 15) is 13.2 Å². The van der Waals surface area contributed by atoms with Gasteiger partial charge in [-0.15, -0.1) is 0 Å². The molecule has 0 saturated heterocycles. The lowest BCUT2D eigenvalue weighted by Crippen LogP contribution is -2.36. The molecule has 96 valence electrons. The summed E-state index contributed by atoms with van der Waals surface area (Å²) in [5, 5.41) is 8.63. The molecule has 0 fully saturated rings. The average Bonchev–Trinajstić information content (AvgIpc) is 2.17. The van der Waals surface area contributed by atoms with Crippen LogP contribution in [-0.2, 0) is 19.6 Å². The van der Waals surface area contributed by atoms with Crippen molar-refractivity contribution in [1.29, 1.82) is 0 Å². The molecule has 0 heterocycles. The lowest BCUT2D eigenvalue weighted by atomic mass is 10.4. The van der Waals surface area contributed by atoms with E-state index in [1.807, 2.05) is 0 Å². The molecule has 6 nitrogen and oxygen atoms in total.